The summed E-state index contributed by atoms with van der Waals surface area (Å²) in [4.78, 5) is 5.45. The first-order valence-corrected chi connectivity index (χ1v) is 5.36. The third kappa shape index (κ3) is 2.61. The minimum atomic E-state index is -4.53. The van der Waals surface area contributed by atoms with Gasteiger partial charge in [-0.3, -0.25) is 4.90 Å². The van der Waals surface area contributed by atoms with Crippen LogP contribution < -0.4 is 5.73 Å². The zero-order valence-corrected chi connectivity index (χ0v) is 9.37. The van der Waals surface area contributed by atoms with Crippen LogP contribution in [0.2, 0.25) is 0 Å². The normalized spacial score (nSPS) is 27.4. The number of hydrogen-bond donors (Lipinski definition) is 1. The Morgan fingerprint density at radius 1 is 1.53 bits per heavy atom. The van der Waals surface area contributed by atoms with Gasteiger partial charge in [-0.15, -0.1) is 0 Å². The maximum atomic E-state index is 12.3. The summed E-state index contributed by atoms with van der Waals surface area (Å²) in [5.74, 6) is -1.19. The lowest BCUT2D eigenvalue weighted by molar-refractivity contribution is -0.157. The van der Waals surface area contributed by atoms with Crippen molar-refractivity contribution >= 4 is 0 Å². The Labute approximate surface area is 96.6 Å². The monoisotopic (exact) mass is 249 g/mol. The van der Waals surface area contributed by atoms with Gasteiger partial charge in [-0.1, -0.05) is 0 Å². The van der Waals surface area contributed by atoms with Gasteiger partial charge < -0.3 is 10.2 Å². The summed E-state index contributed by atoms with van der Waals surface area (Å²) in [5.41, 5.74) is 6.11. The fourth-order valence-corrected chi connectivity index (χ4v) is 2.03. The van der Waals surface area contributed by atoms with Crippen molar-refractivity contribution in [2.24, 2.45) is 5.73 Å². The number of likely N-dealkylation sites (tertiary alicyclic amines) is 1. The van der Waals surface area contributed by atoms with Crippen molar-refractivity contribution in [2.45, 2.75) is 31.1 Å². The van der Waals surface area contributed by atoms with Crippen LogP contribution in [0.4, 0.5) is 13.2 Å². The summed E-state index contributed by atoms with van der Waals surface area (Å²) in [5, 5.41) is 0. The van der Waals surface area contributed by atoms with E-state index in [1.165, 1.54) is 0 Å². The lowest BCUT2D eigenvalue weighted by Gasteiger charge is -2.34. The van der Waals surface area contributed by atoms with Crippen LogP contribution in [0.3, 0.4) is 0 Å². The van der Waals surface area contributed by atoms with E-state index >= 15 is 0 Å². The highest BCUT2D eigenvalue weighted by molar-refractivity contribution is 5.07. The highest BCUT2D eigenvalue weighted by Gasteiger charge is 2.38. The molecule has 1 aromatic heterocycles. The first-order valence-electron chi connectivity index (χ1n) is 5.36. The van der Waals surface area contributed by atoms with Gasteiger partial charge in [0.25, 0.3) is 0 Å². The molecule has 96 valence electrons. The van der Waals surface area contributed by atoms with Gasteiger partial charge in [-0.25, -0.2) is 4.98 Å². The maximum absolute atomic E-state index is 12.3. The Bertz CT molecular complexity index is 390. The molecule has 2 heterocycles. The van der Waals surface area contributed by atoms with E-state index in [9.17, 15) is 13.2 Å². The maximum Gasteiger partial charge on any atom is 0.468 e. The minimum Gasteiger partial charge on any atom is -0.441 e. The zero-order chi connectivity index (χ0) is 12.6. The molecule has 7 heteroatoms. The molecule has 17 heavy (non-hydrogen) atoms. The van der Waals surface area contributed by atoms with Crippen LogP contribution in [0, 0.1) is 0 Å². The topological polar surface area (TPSA) is 55.3 Å². The van der Waals surface area contributed by atoms with E-state index < -0.39 is 12.1 Å². The van der Waals surface area contributed by atoms with Crippen molar-refractivity contribution in [1.82, 2.24) is 9.88 Å². The van der Waals surface area contributed by atoms with E-state index in [4.69, 9.17) is 5.73 Å². The van der Waals surface area contributed by atoms with Gasteiger partial charge in [-0.2, -0.15) is 13.2 Å². The van der Waals surface area contributed by atoms with Crippen LogP contribution in [-0.4, -0.2) is 29.5 Å². The van der Waals surface area contributed by atoms with Gasteiger partial charge in [0.1, 0.15) is 6.26 Å². The minimum absolute atomic E-state index is 0.00207. The lowest BCUT2D eigenvalue weighted by atomic mass is 9.97. The number of aromatic nitrogens is 1. The lowest BCUT2D eigenvalue weighted by Crippen LogP contribution is -2.40. The molecule has 1 aromatic rings. The fourth-order valence-electron chi connectivity index (χ4n) is 2.03. The summed E-state index contributed by atoms with van der Waals surface area (Å²) in [6, 6.07) is -0.194. The quantitative estimate of drug-likeness (QED) is 0.824. The molecule has 1 aliphatic heterocycles. The van der Waals surface area contributed by atoms with Crippen LogP contribution in [-0.2, 0) is 6.18 Å². The number of halogens is 3. The van der Waals surface area contributed by atoms with E-state index in [1.54, 1.807) is 0 Å². The number of oxazole rings is 1. The Balaban J connectivity index is 2.19. The van der Waals surface area contributed by atoms with Crippen molar-refractivity contribution in [3.8, 4) is 0 Å². The Kier molecular flexibility index (Phi) is 3.13. The Morgan fingerprint density at radius 2 is 2.24 bits per heavy atom. The number of hydrogen-bond acceptors (Lipinski definition) is 4. The SMILES string of the molecule is CN1CCC(N)CC1c1coc(C(F)(F)F)n1. The summed E-state index contributed by atoms with van der Waals surface area (Å²) in [6.45, 7) is 0.750. The summed E-state index contributed by atoms with van der Waals surface area (Å²) < 4.78 is 41.5. The van der Waals surface area contributed by atoms with E-state index in [0.29, 0.717) is 12.1 Å². The Hall–Kier alpha value is -1.08. The molecule has 2 N–H and O–H groups in total. The number of rotatable bonds is 1. The second-order valence-corrected chi connectivity index (χ2v) is 4.36. The average Bonchev–Trinajstić information content (AvgIpc) is 2.70. The van der Waals surface area contributed by atoms with Crippen molar-refractivity contribution < 1.29 is 17.6 Å². The number of piperidine rings is 1. The van der Waals surface area contributed by atoms with Gasteiger partial charge >= 0.3 is 12.1 Å². The molecular weight excluding hydrogens is 235 g/mol. The van der Waals surface area contributed by atoms with Gasteiger partial charge in [-0.05, 0) is 26.4 Å². The van der Waals surface area contributed by atoms with Crippen LogP contribution in [0.5, 0.6) is 0 Å². The van der Waals surface area contributed by atoms with E-state index in [1.807, 2.05) is 11.9 Å². The molecule has 1 saturated heterocycles. The van der Waals surface area contributed by atoms with Crippen LogP contribution in [0.25, 0.3) is 0 Å². The number of nitrogens with two attached hydrogens (primary N) is 1. The third-order valence-corrected chi connectivity index (χ3v) is 3.02. The van der Waals surface area contributed by atoms with Crippen LogP contribution in [0.15, 0.2) is 10.7 Å². The van der Waals surface area contributed by atoms with Gasteiger partial charge in [0, 0.05) is 6.04 Å². The molecule has 1 aliphatic rings. The second-order valence-electron chi connectivity index (χ2n) is 4.36. The van der Waals surface area contributed by atoms with E-state index in [0.717, 1.165) is 19.2 Å². The predicted molar refractivity (Wildman–Crippen MR) is 54.1 cm³/mol. The molecule has 0 radical (unpaired) electrons. The average molecular weight is 249 g/mol. The van der Waals surface area contributed by atoms with Gasteiger partial charge in [0.2, 0.25) is 0 Å². The van der Waals surface area contributed by atoms with Crippen molar-refractivity contribution in [2.75, 3.05) is 13.6 Å². The molecule has 0 aliphatic carbocycles. The van der Waals surface area contributed by atoms with Gasteiger partial charge in [0.05, 0.1) is 11.7 Å². The standard InChI is InChI=1S/C10H14F3N3O/c1-16-3-2-6(14)4-8(16)7-5-17-9(15-7)10(11,12)13/h5-6,8H,2-4,14H2,1H3. The van der Waals surface area contributed by atoms with Crippen LogP contribution >= 0.6 is 0 Å². The van der Waals surface area contributed by atoms with Gasteiger partial charge in [0.15, 0.2) is 0 Å². The third-order valence-electron chi connectivity index (χ3n) is 3.02. The number of nitrogens with zero attached hydrogens (tertiary/aromatic N) is 2. The molecule has 0 spiro atoms. The smallest absolute Gasteiger partial charge is 0.441 e. The van der Waals surface area contributed by atoms with Crippen molar-refractivity contribution in [3.05, 3.63) is 17.8 Å². The second kappa shape index (κ2) is 4.30. The molecule has 0 amide bonds. The molecule has 2 atom stereocenters. The molecule has 0 saturated carbocycles. The van der Waals surface area contributed by atoms with E-state index in [2.05, 4.69) is 9.40 Å². The first kappa shape index (κ1) is 12.4. The first-order chi connectivity index (χ1) is 7.88. The fraction of sp³-hybridized carbons (Fsp3) is 0.700. The molecule has 2 rings (SSSR count). The highest BCUT2D eigenvalue weighted by Crippen LogP contribution is 2.33. The summed E-state index contributed by atoms with van der Waals surface area (Å²) in [7, 11) is 1.85. The molecule has 0 bridgehead atoms. The molecule has 2 unspecified atom stereocenters. The molecule has 0 aromatic carbocycles. The molecular formula is C10H14F3N3O. The molecule has 1 fully saturated rings. The zero-order valence-electron chi connectivity index (χ0n) is 9.37. The predicted octanol–water partition coefficient (Wildman–Crippen LogP) is 1.79. The van der Waals surface area contributed by atoms with Crippen molar-refractivity contribution in [3.63, 3.8) is 0 Å². The summed E-state index contributed by atoms with van der Waals surface area (Å²) in [6.07, 6.45) is -2.02. The highest BCUT2D eigenvalue weighted by atomic mass is 19.4. The Morgan fingerprint density at radius 3 is 2.82 bits per heavy atom. The van der Waals surface area contributed by atoms with E-state index in [-0.39, 0.29) is 12.1 Å². The largest absolute Gasteiger partial charge is 0.468 e. The number of alkyl halides is 3. The molecule has 4 nitrogen and oxygen atoms in total. The summed E-state index contributed by atoms with van der Waals surface area (Å²) >= 11 is 0. The van der Waals surface area contributed by atoms with Crippen molar-refractivity contribution in [1.29, 1.82) is 0 Å². The van der Waals surface area contributed by atoms with Crippen LogP contribution in [0.1, 0.15) is 30.5 Å².